The standard InChI is InChI=1S/C50H47N3Si2/c1-50(2)43-22-10-9-15-37(43)38-30-29-34(31-44(38)50)32-25-27-33(28-26-32)47-51-48(41-20-11-18-39-35(41)16-13-23-45(39)54(3,4)5)53-49(52-47)42-21-12-19-40-36(42)17-14-24-46(40)55(6,7)8/h9-31H,1-8H3. The molecule has 0 N–H and O–H groups in total. The summed E-state index contributed by atoms with van der Waals surface area (Å²) in [4.78, 5) is 15.8. The molecule has 55 heavy (non-hydrogen) atoms. The van der Waals surface area contributed by atoms with E-state index in [2.05, 4.69) is 193 Å². The fraction of sp³-hybridized carbons (Fsp3) is 0.180. The molecule has 3 nitrogen and oxygen atoms in total. The summed E-state index contributed by atoms with van der Waals surface area (Å²) >= 11 is 0. The molecule has 0 saturated carbocycles. The molecule has 0 amide bonds. The monoisotopic (exact) mass is 745 g/mol. The highest BCUT2D eigenvalue weighted by Gasteiger charge is 2.35. The van der Waals surface area contributed by atoms with Gasteiger partial charge in [-0.3, -0.25) is 0 Å². The molecule has 0 aliphatic heterocycles. The van der Waals surface area contributed by atoms with Crippen LogP contribution in [-0.4, -0.2) is 31.1 Å². The molecule has 0 saturated heterocycles. The zero-order valence-corrected chi connectivity index (χ0v) is 35.1. The van der Waals surface area contributed by atoms with Gasteiger partial charge in [-0.05, 0) is 61.0 Å². The number of hydrogen-bond acceptors (Lipinski definition) is 3. The number of hydrogen-bond donors (Lipinski definition) is 0. The molecule has 0 atom stereocenters. The van der Waals surface area contributed by atoms with E-state index >= 15 is 0 Å². The SMILES string of the molecule is CC1(C)c2ccccc2-c2ccc(-c3ccc(-c4nc(-c5cccc6c([Si](C)(C)C)cccc56)nc(-c5cccc6c([Si](C)(C)C)cccc56)n4)cc3)cc21. The van der Waals surface area contributed by atoms with Crippen LogP contribution in [0.2, 0.25) is 39.3 Å². The molecule has 5 heteroatoms. The van der Waals surface area contributed by atoms with Gasteiger partial charge in [0.1, 0.15) is 0 Å². The van der Waals surface area contributed by atoms with E-state index in [9.17, 15) is 0 Å². The van der Waals surface area contributed by atoms with Gasteiger partial charge in [-0.1, -0.05) is 197 Å². The normalized spacial score (nSPS) is 13.6. The van der Waals surface area contributed by atoms with Crippen molar-refractivity contribution in [3.63, 3.8) is 0 Å². The third-order valence-corrected chi connectivity index (χ3v) is 15.7. The molecule has 0 fully saturated rings. The zero-order valence-electron chi connectivity index (χ0n) is 33.1. The summed E-state index contributed by atoms with van der Waals surface area (Å²) in [5, 5.41) is 7.84. The van der Waals surface area contributed by atoms with Crippen molar-refractivity contribution in [3.05, 3.63) is 151 Å². The van der Waals surface area contributed by atoms with Gasteiger partial charge in [-0.15, -0.1) is 0 Å². The summed E-state index contributed by atoms with van der Waals surface area (Å²) in [7, 11) is -3.23. The van der Waals surface area contributed by atoms with Gasteiger partial charge in [-0.2, -0.15) is 0 Å². The average Bonchev–Trinajstić information content (AvgIpc) is 3.41. The molecule has 9 rings (SSSR count). The number of aromatic nitrogens is 3. The number of fused-ring (bicyclic) bond motifs is 5. The summed E-state index contributed by atoms with van der Waals surface area (Å²) in [6.45, 7) is 19.1. The lowest BCUT2D eigenvalue weighted by Gasteiger charge is -2.22. The molecule has 0 spiro atoms. The first-order chi connectivity index (χ1) is 26.3. The van der Waals surface area contributed by atoms with E-state index in [4.69, 9.17) is 15.0 Å². The van der Waals surface area contributed by atoms with E-state index in [0.717, 1.165) is 16.7 Å². The van der Waals surface area contributed by atoms with Crippen LogP contribution in [0.4, 0.5) is 0 Å². The van der Waals surface area contributed by atoms with Crippen molar-refractivity contribution in [2.45, 2.75) is 58.5 Å². The van der Waals surface area contributed by atoms with Crippen molar-refractivity contribution < 1.29 is 0 Å². The van der Waals surface area contributed by atoms with E-state index in [1.807, 2.05) is 0 Å². The zero-order chi connectivity index (χ0) is 38.3. The Hall–Kier alpha value is -5.50. The lowest BCUT2D eigenvalue weighted by Crippen LogP contribution is -2.38. The molecule has 270 valence electrons. The van der Waals surface area contributed by atoms with Gasteiger partial charge in [0.05, 0.1) is 16.1 Å². The van der Waals surface area contributed by atoms with Crippen LogP contribution in [0.3, 0.4) is 0 Å². The quantitative estimate of drug-likeness (QED) is 0.159. The molecule has 1 aliphatic rings. The van der Waals surface area contributed by atoms with E-state index in [0.29, 0.717) is 17.5 Å². The van der Waals surface area contributed by atoms with Gasteiger partial charge in [-0.25, -0.2) is 15.0 Å². The maximum atomic E-state index is 5.31. The van der Waals surface area contributed by atoms with Crippen LogP contribution in [0.25, 0.3) is 78.0 Å². The highest BCUT2D eigenvalue weighted by Crippen LogP contribution is 2.49. The van der Waals surface area contributed by atoms with Crippen molar-refractivity contribution in [2.24, 2.45) is 0 Å². The van der Waals surface area contributed by atoms with Crippen LogP contribution in [0.5, 0.6) is 0 Å². The maximum Gasteiger partial charge on any atom is 0.164 e. The summed E-state index contributed by atoms with van der Waals surface area (Å²) in [5.74, 6) is 2.07. The van der Waals surface area contributed by atoms with Crippen LogP contribution < -0.4 is 10.4 Å². The van der Waals surface area contributed by atoms with Gasteiger partial charge in [0, 0.05) is 22.1 Å². The second-order valence-electron chi connectivity index (χ2n) is 17.7. The minimum atomic E-state index is -1.61. The van der Waals surface area contributed by atoms with Crippen molar-refractivity contribution in [3.8, 4) is 56.4 Å². The van der Waals surface area contributed by atoms with E-state index in [-0.39, 0.29) is 5.41 Å². The Morgan fingerprint density at radius 1 is 0.364 bits per heavy atom. The third kappa shape index (κ3) is 5.97. The van der Waals surface area contributed by atoms with Gasteiger partial charge in [0.2, 0.25) is 0 Å². The lowest BCUT2D eigenvalue weighted by atomic mass is 9.81. The molecule has 8 aromatic rings. The molecule has 1 heterocycles. The Morgan fingerprint density at radius 3 is 1.36 bits per heavy atom. The highest BCUT2D eigenvalue weighted by atomic mass is 28.3. The number of benzene rings is 7. The van der Waals surface area contributed by atoms with E-state index in [1.54, 1.807) is 0 Å². The largest absolute Gasteiger partial charge is 0.208 e. The predicted octanol–water partition coefficient (Wildman–Crippen LogP) is 12.2. The van der Waals surface area contributed by atoms with E-state index in [1.165, 1.54) is 65.3 Å². The number of nitrogens with zero attached hydrogens (tertiary/aromatic N) is 3. The molecule has 0 radical (unpaired) electrons. The first kappa shape index (κ1) is 35.2. The fourth-order valence-electron chi connectivity index (χ4n) is 8.76. The molecule has 1 aliphatic carbocycles. The lowest BCUT2D eigenvalue weighted by molar-refractivity contribution is 0.660. The Kier molecular flexibility index (Phi) is 8.19. The fourth-order valence-corrected chi connectivity index (χ4v) is 12.0. The summed E-state index contributed by atoms with van der Waals surface area (Å²) < 4.78 is 0. The summed E-state index contributed by atoms with van der Waals surface area (Å²) in [6.07, 6.45) is 0. The minimum absolute atomic E-state index is 0.0472. The maximum absolute atomic E-state index is 5.31. The Balaban J connectivity index is 1.20. The van der Waals surface area contributed by atoms with Crippen molar-refractivity contribution in [1.82, 2.24) is 15.0 Å². The minimum Gasteiger partial charge on any atom is -0.208 e. The highest BCUT2D eigenvalue weighted by molar-refractivity contribution is 6.91. The first-order valence-electron chi connectivity index (χ1n) is 19.5. The first-order valence-corrected chi connectivity index (χ1v) is 26.5. The van der Waals surface area contributed by atoms with Crippen LogP contribution in [0.1, 0.15) is 25.0 Å². The smallest absolute Gasteiger partial charge is 0.164 e. The van der Waals surface area contributed by atoms with E-state index < -0.39 is 16.1 Å². The van der Waals surface area contributed by atoms with Gasteiger partial charge in [0.25, 0.3) is 0 Å². The topological polar surface area (TPSA) is 38.7 Å². The Morgan fingerprint density at radius 2 is 0.800 bits per heavy atom. The molecule has 0 bridgehead atoms. The van der Waals surface area contributed by atoms with Gasteiger partial charge < -0.3 is 0 Å². The second kappa shape index (κ2) is 12.8. The van der Waals surface area contributed by atoms with Crippen LogP contribution in [0, 0.1) is 0 Å². The summed E-state index contributed by atoms with van der Waals surface area (Å²) in [5.41, 5.74) is 10.8. The van der Waals surface area contributed by atoms with Crippen molar-refractivity contribution in [2.75, 3.05) is 0 Å². The van der Waals surface area contributed by atoms with Gasteiger partial charge in [0.15, 0.2) is 17.5 Å². The Labute approximate surface area is 327 Å². The number of rotatable bonds is 6. The molecule has 1 aromatic heterocycles. The van der Waals surface area contributed by atoms with Crippen molar-refractivity contribution in [1.29, 1.82) is 0 Å². The molecule has 7 aromatic carbocycles. The van der Waals surface area contributed by atoms with Crippen LogP contribution >= 0.6 is 0 Å². The molecular weight excluding hydrogens is 699 g/mol. The van der Waals surface area contributed by atoms with Crippen molar-refractivity contribution >= 4 is 48.1 Å². The third-order valence-electron chi connectivity index (χ3n) is 11.6. The van der Waals surface area contributed by atoms with Crippen LogP contribution in [0.15, 0.2) is 140 Å². The predicted molar refractivity (Wildman–Crippen MR) is 240 cm³/mol. The average molecular weight is 746 g/mol. The van der Waals surface area contributed by atoms with Crippen LogP contribution in [-0.2, 0) is 5.41 Å². The summed E-state index contributed by atoms with van der Waals surface area (Å²) in [6, 6.07) is 51.2. The molecule has 0 unspecified atom stereocenters. The molecular formula is C50H47N3Si2. The van der Waals surface area contributed by atoms with Gasteiger partial charge >= 0.3 is 0 Å². The Bertz CT molecular complexity index is 2690. The second-order valence-corrected chi connectivity index (χ2v) is 27.8.